The van der Waals surface area contributed by atoms with Crippen LogP contribution >= 0.6 is 0 Å². The Bertz CT molecular complexity index is 599. The zero-order valence-electron chi connectivity index (χ0n) is 12.7. The van der Waals surface area contributed by atoms with Crippen LogP contribution in [0.4, 0.5) is 0 Å². The van der Waals surface area contributed by atoms with E-state index in [0.29, 0.717) is 12.5 Å². The van der Waals surface area contributed by atoms with Crippen LogP contribution in [0.1, 0.15) is 24.9 Å². The van der Waals surface area contributed by atoms with Crippen LogP contribution in [0, 0.1) is 5.92 Å². The third-order valence-corrected chi connectivity index (χ3v) is 5.78. The van der Waals surface area contributed by atoms with Gasteiger partial charge in [0.25, 0.3) is 0 Å². The molecule has 1 aliphatic rings. The van der Waals surface area contributed by atoms with Gasteiger partial charge in [0.05, 0.1) is 11.8 Å². The van der Waals surface area contributed by atoms with Crippen molar-refractivity contribution in [2.45, 2.75) is 19.4 Å². The SMILES string of the molecule is CC1CN(C(=O)CCS(=O)(=O)N(C)C)C1c1ccccc1. The molecule has 1 heterocycles. The van der Waals surface area contributed by atoms with Gasteiger partial charge in [0.15, 0.2) is 0 Å². The second kappa shape index (κ2) is 6.15. The third kappa shape index (κ3) is 3.44. The zero-order chi connectivity index (χ0) is 15.6. The highest BCUT2D eigenvalue weighted by Crippen LogP contribution is 2.38. The summed E-state index contributed by atoms with van der Waals surface area (Å²) in [7, 11) is -0.352. The van der Waals surface area contributed by atoms with Gasteiger partial charge in [-0.1, -0.05) is 37.3 Å². The van der Waals surface area contributed by atoms with E-state index in [-0.39, 0.29) is 24.1 Å². The Hall–Kier alpha value is -1.40. The molecule has 0 spiro atoms. The fraction of sp³-hybridized carbons (Fsp3) is 0.533. The Morgan fingerprint density at radius 3 is 2.43 bits per heavy atom. The van der Waals surface area contributed by atoms with E-state index in [2.05, 4.69) is 6.92 Å². The smallest absolute Gasteiger partial charge is 0.224 e. The minimum absolute atomic E-state index is 0.0383. The maximum Gasteiger partial charge on any atom is 0.224 e. The van der Waals surface area contributed by atoms with Crippen LogP contribution in [0.3, 0.4) is 0 Å². The predicted octanol–water partition coefficient (Wildman–Crippen LogP) is 1.49. The number of sulfonamides is 1. The second-order valence-corrected chi connectivity index (χ2v) is 8.03. The van der Waals surface area contributed by atoms with E-state index in [1.165, 1.54) is 14.1 Å². The highest BCUT2D eigenvalue weighted by atomic mass is 32.2. The highest BCUT2D eigenvalue weighted by molar-refractivity contribution is 7.89. The van der Waals surface area contributed by atoms with Gasteiger partial charge >= 0.3 is 0 Å². The Balaban J connectivity index is 2.01. The van der Waals surface area contributed by atoms with E-state index < -0.39 is 10.0 Å². The molecule has 21 heavy (non-hydrogen) atoms. The van der Waals surface area contributed by atoms with Crippen molar-refractivity contribution in [3.8, 4) is 0 Å². The second-order valence-electron chi connectivity index (χ2n) is 5.73. The minimum Gasteiger partial charge on any atom is -0.335 e. The predicted molar refractivity (Wildman–Crippen MR) is 82.2 cm³/mol. The molecule has 1 aromatic carbocycles. The molecule has 0 aromatic heterocycles. The first-order valence-corrected chi connectivity index (χ1v) is 8.68. The molecular weight excluding hydrogens is 288 g/mol. The van der Waals surface area contributed by atoms with Crippen molar-refractivity contribution in [2.24, 2.45) is 5.92 Å². The molecule has 1 aliphatic heterocycles. The van der Waals surface area contributed by atoms with E-state index in [1.54, 1.807) is 4.90 Å². The molecule has 1 aromatic rings. The monoisotopic (exact) mass is 310 g/mol. The molecule has 2 rings (SSSR count). The molecular formula is C15H22N2O3S. The molecule has 5 nitrogen and oxygen atoms in total. The summed E-state index contributed by atoms with van der Waals surface area (Å²) in [6.45, 7) is 2.80. The average molecular weight is 310 g/mol. The normalized spacial score (nSPS) is 22.2. The fourth-order valence-corrected chi connectivity index (χ4v) is 3.45. The van der Waals surface area contributed by atoms with Gasteiger partial charge in [0.2, 0.25) is 15.9 Å². The van der Waals surface area contributed by atoms with Crippen molar-refractivity contribution in [1.82, 2.24) is 9.21 Å². The Morgan fingerprint density at radius 1 is 1.29 bits per heavy atom. The van der Waals surface area contributed by atoms with Gasteiger partial charge in [-0.25, -0.2) is 12.7 Å². The standard InChI is InChI=1S/C15H22N2O3S/c1-12-11-17(15(12)13-7-5-4-6-8-13)14(18)9-10-21(19,20)16(2)3/h4-8,12,15H,9-11H2,1-3H3. The topological polar surface area (TPSA) is 57.7 Å². The van der Waals surface area contributed by atoms with Crippen molar-refractivity contribution in [1.29, 1.82) is 0 Å². The molecule has 1 fully saturated rings. The van der Waals surface area contributed by atoms with E-state index in [9.17, 15) is 13.2 Å². The molecule has 0 bridgehead atoms. The summed E-state index contributed by atoms with van der Waals surface area (Å²) in [5.74, 6) is 0.180. The average Bonchev–Trinajstić information content (AvgIpc) is 2.43. The molecule has 2 unspecified atom stereocenters. The lowest BCUT2D eigenvalue weighted by Gasteiger charge is -2.47. The van der Waals surface area contributed by atoms with Crippen LogP contribution in [0.25, 0.3) is 0 Å². The Kier molecular flexibility index (Phi) is 4.68. The summed E-state index contributed by atoms with van der Waals surface area (Å²) < 4.78 is 24.6. The maximum atomic E-state index is 12.3. The fourth-order valence-electron chi connectivity index (χ4n) is 2.65. The molecule has 0 aliphatic carbocycles. The van der Waals surface area contributed by atoms with Crippen molar-refractivity contribution in [2.75, 3.05) is 26.4 Å². The first kappa shape index (κ1) is 16.0. The van der Waals surface area contributed by atoms with Crippen molar-refractivity contribution in [3.05, 3.63) is 35.9 Å². The van der Waals surface area contributed by atoms with Crippen LogP contribution in [0.2, 0.25) is 0 Å². The van der Waals surface area contributed by atoms with Gasteiger partial charge in [-0.05, 0) is 11.5 Å². The molecule has 2 atom stereocenters. The number of likely N-dealkylation sites (tertiary alicyclic amines) is 1. The number of amides is 1. The molecule has 6 heteroatoms. The maximum absolute atomic E-state index is 12.3. The van der Waals surface area contributed by atoms with Crippen molar-refractivity contribution < 1.29 is 13.2 Å². The largest absolute Gasteiger partial charge is 0.335 e. The summed E-state index contributed by atoms with van der Waals surface area (Å²) in [5, 5.41) is 0. The zero-order valence-corrected chi connectivity index (χ0v) is 13.5. The van der Waals surface area contributed by atoms with Crippen molar-refractivity contribution >= 4 is 15.9 Å². The van der Waals surface area contributed by atoms with Gasteiger partial charge in [0.1, 0.15) is 0 Å². The van der Waals surface area contributed by atoms with Crippen LogP contribution < -0.4 is 0 Å². The van der Waals surface area contributed by atoms with Gasteiger partial charge in [0, 0.05) is 27.1 Å². The lowest BCUT2D eigenvalue weighted by Crippen LogP contribution is -2.51. The molecule has 1 amide bonds. The van der Waals surface area contributed by atoms with E-state index in [4.69, 9.17) is 0 Å². The highest BCUT2D eigenvalue weighted by Gasteiger charge is 2.39. The van der Waals surface area contributed by atoms with E-state index in [0.717, 1.165) is 9.87 Å². The Morgan fingerprint density at radius 2 is 1.90 bits per heavy atom. The molecule has 0 radical (unpaired) electrons. The van der Waals surface area contributed by atoms with Gasteiger partial charge in [-0.2, -0.15) is 0 Å². The van der Waals surface area contributed by atoms with Crippen LogP contribution in [-0.4, -0.2) is 49.9 Å². The number of hydrogen-bond acceptors (Lipinski definition) is 3. The van der Waals surface area contributed by atoms with Crippen LogP contribution in [0.15, 0.2) is 30.3 Å². The number of carbonyl (C=O) groups excluding carboxylic acids is 1. The quantitative estimate of drug-likeness (QED) is 0.828. The third-order valence-electron chi connectivity index (χ3n) is 3.95. The van der Waals surface area contributed by atoms with Crippen LogP contribution in [-0.2, 0) is 14.8 Å². The summed E-state index contributed by atoms with van der Waals surface area (Å²) in [6, 6.07) is 9.96. The van der Waals surface area contributed by atoms with Crippen molar-refractivity contribution in [3.63, 3.8) is 0 Å². The summed E-state index contributed by atoms with van der Waals surface area (Å²) >= 11 is 0. The molecule has 0 saturated carbocycles. The van der Waals surface area contributed by atoms with Gasteiger partial charge in [-0.3, -0.25) is 4.79 Å². The first-order valence-electron chi connectivity index (χ1n) is 7.07. The Labute approximate surface area is 126 Å². The lowest BCUT2D eigenvalue weighted by molar-refractivity contribution is -0.143. The first-order chi connectivity index (χ1) is 9.83. The number of rotatable bonds is 5. The minimum atomic E-state index is -3.32. The van der Waals surface area contributed by atoms with Gasteiger partial charge in [-0.15, -0.1) is 0 Å². The molecule has 116 valence electrons. The van der Waals surface area contributed by atoms with Gasteiger partial charge < -0.3 is 4.90 Å². The van der Waals surface area contributed by atoms with E-state index in [1.807, 2.05) is 30.3 Å². The number of benzene rings is 1. The molecule has 1 saturated heterocycles. The summed E-state index contributed by atoms with van der Waals surface area (Å²) in [6.07, 6.45) is 0.0383. The number of carbonyl (C=O) groups is 1. The number of hydrogen-bond donors (Lipinski definition) is 0. The van der Waals surface area contributed by atoms with E-state index >= 15 is 0 Å². The van der Waals surface area contributed by atoms with Crippen LogP contribution in [0.5, 0.6) is 0 Å². The molecule has 0 N–H and O–H groups in total. The summed E-state index contributed by atoms with van der Waals surface area (Å²) in [5.41, 5.74) is 1.11. The lowest BCUT2D eigenvalue weighted by atomic mass is 9.84. The summed E-state index contributed by atoms with van der Waals surface area (Å²) in [4.78, 5) is 14.0. The number of nitrogens with zero attached hydrogens (tertiary/aromatic N) is 2.